The second kappa shape index (κ2) is 8.31. The summed E-state index contributed by atoms with van der Waals surface area (Å²) in [7, 11) is -2.79. The lowest BCUT2D eigenvalue weighted by molar-refractivity contribution is -0.116. The van der Waals surface area contributed by atoms with E-state index < -0.39 is 39.9 Å². The fourth-order valence-electron chi connectivity index (χ4n) is 2.38. The zero-order valence-electron chi connectivity index (χ0n) is 14.9. The maximum Gasteiger partial charge on any atom is 0.243 e. The van der Waals surface area contributed by atoms with Gasteiger partial charge in [0.2, 0.25) is 15.9 Å². The van der Waals surface area contributed by atoms with Crippen molar-refractivity contribution in [1.29, 1.82) is 0 Å². The van der Waals surface area contributed by atoms with Crippen molar-refractivity contribution in [3.8, 4) is 11.3 Å². The molecule has 29 heavy (non-hydrogen) atoms. The van der Waals surface area contributed by atoms with Crippen LogP contribution in [0.1, 0.15) is 0 Å². The number of hydrogen-bond donors (Lipinski definition) is 1. The van der Waals surface area contributed by atoms with E-state index in [1.165, 1.54) is 12.4 Å². The van der Waals surface area contributed by atoms with Crippen molar-refractivity contribution in [3.63, 3.8) is 0 Å². The van der Waals surface area contributed by atoms with E-state index in [-0.39, 0.29) is 21.3 Å². The summed E-state index contributed by atoms with van der Waals surface area (Å²) >= 11 is 0.978. The molecule has 0 aliphatic rings. The van der Waals surface area contributed by atoms with E-state index in [0.29, 0.717) is 0 Å². The third-order valence-electron chi connectivity index (χ3n) is 3.84. The summed E-state index contributed by atoms with van der Waals surface area (Å²) in [5.41, 5.74) is 0.0762. The molecule has 0 aliphatic carbocycles. The number of likely N-dealkylation sites (N-methyl/N-ethyl adjacent to an activating group) is 1. The van der Waals surface area contributed by atoms with Crippen LogP contribution in [0.4, 0.5) is 18.3 Å². The van der Waals surface area contributed by atoms with Gasteiger partial charge in [0.15, 0.2) is 5.13 Å². The summed E-state index contributed by atoms with van der Waals surface area (Å²) in [6, 6.07) is 7.13. The van der Waals surface area contributed by atoms with E-state index in [1.807, 2.05) is 0 Å². The average molecular weight is 441 g/mol. The van der Waals surface area contributed by atoms with Crippen LogP contribution >= 0.6 is 11.3 Å². The molecule has 0 saturated carbocycles. The summed E-state index contributed by atoms with van der Waals surface area (Å²) in [5.74, 6) is -2.57. The number of nitrogens with one attached hydrogen (secondary N) is 1. The SMILES string of the molecule is CN(CC(=O)Nc1nc(-c2cc(F)ccc2F)cs1)S(=O)(=O)c1ccc(F)cc1. The summed E-state index contributed by atoms with van der Waals surface area (Å²) in [6.45, 7) is -0.525. The molecular weight excluding hydrogens is 427 g/mol. The Balaban J connectivity index is 1.69. The maximum absolute atomic E-state index is 13.8. The minimum Gasteiger partial charge on any atom is -0.301 e. The van der Waals surface area contributed by atoms with Crippen LogP contribution in [-0.2, 0) is 14.8 Å². The Kier molecular flexibility index (Phi) is 6.01. The number of carbonyl (C=O) groups is 1. The van der Waals surface area contributed by atoms with Gasteiger partial charge in [-0.1, -0.05) is 0 Å². The smallest absolute Gasteiger partial charge is 0.243 e. The first-order valence-electron chi connectivity index (χ1n) is 8.09. The Hall–Kier alpha value is -2.76. The number of benzene rings is 2. The van der Waals surface area contributed by atoms with Crippen molar-refractivity contribution in [2.75, 3.05) is 18.9 Å². The highest BCUT2D eigenvalue weighted by Crippen LogP contribution is 2.27. The van der Waals surface area contributed by atoms with E-state index in [1.54, 1.807) is 0 Å². The number of thiazole rings is 1. The molecule has 3 rings (SSSR count). The van der Waals surface area contributed by atoms with Gasteiger partial charge in [-0.15, -0.1) is 11.3 Å². The van der Waals surface area contributed by atoms with E-state index >= 15 is 0 Å². The van der Waals surface area contributed by atoms with Crippen LogP contribution in [0.25, 0.3) is 11.3 Å². The monoisotopic (exact) mass is 441 g/mol. The Bertz CT molecular complexity index is 1150. The highest BCUT2D eigenvalue weighted by atomic mass is 32.2. The van der Waals surface area contributed by atoms with E-state index in [4.69, 9.17) is 0 Å². The quantitative estimate of drug-likeness (QED) is 0.635. The molecule has 0 fully saturated rings. The van der Waals surface area contributed by atoms with Crippen molar-refractivity contribution >= 4 is 32.4 Å². The van der Waals surface area contributed by atoms with E-state index in [9.17, 15) is 26.4 Å². The number of aromatic nitrogens is 1. The second-order valence-corrected chi connectivity index (χ2v) is 8.83. The zero-order valence-corrected chi connectivity index (χ0v) is 16.5. The standard InChI is InChI=1S/C18H14F3N3O3S2/c1-24(29(26,27)13-5-2-11(19)3-6-13)9-17(25)23-18-22-16(10-28-18)14-8-12(20)4-7-15(14)21/h2-8,10H,9H2,1H3,(H,22,23,25). The van der Waals surface area contributed by atoms with Crippen LogP contribution in [0.5, 0.6) is 0 Å². The molecule has 0 aliphatic heterocycles. The van der Waals surface area contributed by atoms with Crippen LogP contribution < -0.4 is 5.32 Å². The van der Waals surface area contributed by atoms with E-state index in [0.717, 1.165) is 58.1 Å². The predicted octanol–water partition coefficient (Wildman–Crippen LogP) is 3.49. The number of anilines is 1. The minimum atomic E-state index is -3.99. The van der Waals surface area contributed by atoms with Crippen molar-refractivity contribution in [2.45, 2.75) is 4.90 Å². The molecule has 0 unspecified atom stereocenters. The lowest BCUT2D eigenvalue weighted by atomic mass is 10.1. The number of carbonyl (C=O) groups excluding carboxylic acids is 1. The molecule has 1 heterocycles. The topological polar surface area (TPSA) is 79.4 Å². The third kappa shape index (κ3) is 4.81. The van der Waals surface area contributed by atoms with Crippen molar-refractivity contribution in [1.82, 2.24) is 9.29 Å². The maximum atomic E-state index is 13.8. The molecule has 0 radical (unpaired) electrons. The van der Waals surface area contributed by atoms with Gasteiger partial charge in [-0.2, -0.15) is 4.31 Å². The number of hydrogen-bond acceptors (Lipinski definition) is 5. The third-order valence-corrected chi connectivity index (χ3v) is 6.42. The first-order chi connectivity index (χ1) is 13.7. The van der Waals surface area contributed by atoms with Gasteiger partial charge in [-0.3, -0.25) is 4.79 Å². The number of sulfonamides is 1. The van der Waals surface area contributed by atoms with Crippen LogP contribution in [0, 0.1) is 17.5 Å². The molecule has 1 aromatic heterocycles. The predicted molar refractivity (Wildman–Crippen MR) is 102 cm³/mol. The summed E-state index contributed by atoms with van der Waals surface area (Å²) < 4.78 is 65.8. The highest BCUT2D eigenvalue weighted by Gasteiger charge is 2.23. The molecule has 0 spiro atoms. The average Bonchev–Trinajstić information content (AvgIpc) is 3.12. The molecule has 0 saturated heterocycles. The first-order valence-corrected chi connectivity index (χ1v) is 10.4. The van der Waals surface area contributed by atoms with Crippen LogP contribution in [0.15, 0.2) is 52.7 Å². The van der Waals surface area contributed by atoms with Gasteiger partial charge >= 0.3 is 0 Å². The first kappa shape index (κ1) is 21.0. The van der Waals surface area contributed by atoms with Gasteiger partial charge in [0, 0.05) is 18.0 Å². The highest BCUT2D eigenvalue weighted by molar-refractivity contribution is 7.89. The van der Waals surface area contributed by atoms with Crippen LogP contribution in [0.3, 0.4) is 0 Å². The Morgan fingerprint density at radius 1 is 1.10 bits per heavy atom. The number of halogens is 3. The fourth-order valence-corrected chi connectivity index (χ4v) is 4.24. The van der Waals surface area contributed by atoms with Gasteiger partial charge in [-0.25, -0.2) is 26.6 Å². The molecule has 3 aromatic rings. The van der Waals surface area contributed by atoms with Crippen molar-refractivity contribution in [2.24, 2.45) is 0 Å². The molecule has 0 bridgehead atoms. The summed E-state index contributed by atoms with van der Waals surface area (Å²) in [4.78, 5) is 16.0. The summed E-state index contributed by atoms with van der Waals surface area (Å²) in [5, 5.41) is 3.95. The van der Waals surface area contributed by atoms with Gasteiger partial charge in [0.25, 0.3) is 0 Å². The lowest BCUT2D eigenvalue weighted by Gasteiger charge is -2.16. The zero-order chi connectivity index (χ0) is 21.2. The molecule has 1 amide bonds. The van der Waals surface area contributed by atoms with Crippen LogP contribution in [0.2, 0.25) is 0 Å². The fraction of sp³-hybridized carbons (Fsp3) is 0.111. The minimum absolute atomic E-state index is 0.0576. The van der Waals surface area contributed by atoms with E-state index in [2.05, 4.69) is 10.3 Å². The summed E-state index contributed by atoms with van der Waals surface area (Å²) in [6.07, 6.45) is 0. The Morgan fingerprint density at radius 3 is 2.45 bits per heavy atom. The van der Waals surface area contributed by atoms with Crippen molar-refractivity contribution < 1.29 is 26.4 Å². The molecule has 0 atom stereocenters. The Labute approximate surface area is 168 Å². The molecule has 6 nitrogen and oxygen atoms in total. The Morgan fingerprint density at radius 2 is 1.76 bits per heavy atom. The number of rotatable bonds is 6. The van der Waals surface area contributed by atoms with Gasteiger partial charge in [-0.05, 0) is 42.5 Å². The number of amides is 1. The normalized spacial score (nSPS) is 11.6. The van der Waals surface area contributed by atoms with Crippen molar-refractivity contribution in [3.05, 3.63) is 65.3 Å². The number of nitrogens with zero attached hydrogens (tertiary/aromatic N) is 2. The molecule has 2 aromatic carbocycles. The molecule has 152 valence electrons. The molecular formula is C18H14F3N3O3S2. The lowest BCUT2D eigenvalue weighted by Crippen LogP contribution is -2.34. The second-order valence-electron chi connectivity index (χ2n) is 5.93. The van der Waals surface area contributed by atoms with Gasteiger partial charge < -0.3 is 5.32 Å². The molecule has 11 heteroatoms. The van der Waals surface area contributed by atoms with Gasteiger partial charge in [0.1, 0.15) is 17.5 Å². The largest absolute Gasteiger partial charge is 0.301 e. The molecule has 1 N–H and O–H groups in total. The van der Waals surface area contributed by atoms with Gasteiger partial charge in [0.05, 0.1) is 17.1 Å². The van der Waals surface area contributed by atoms with Crippen LogP contribution in [-0.4, -0.2) is 37.2 Å².